The third kappa shape index (κ3) is 3.24. The van der Waals surface area contributed by atoms with Crippen LogP contribution in [-0.4, -0.2) is 12.8 Å². The predicted octanol–water partition coefficient (Wildman–Crippen LogP) is 2.69. The third-order valence-electron chi connectivity index (χ3n) is 2.11. The first kappa shape index (κ1) is 11.4. The normalized spacial score (nSPS) is 12.5. The SMILES string of the molecule is CNC(CC(C)=O)c1ccc(Br)cc1. The van der Waals surface area contributed by atoms with Gasteiger partial charge in [0.25, 0.3) is 0 Å². The number of halogens is 1. The number of carbonyl (C=O) groups is 1. The van der Waals surface area contributed by atoms with E-state index in [1.54, 1.807) is 6.92 Å². The fourth-order valence-electron chi connectivity index (χ4n) is 1.37. The number of hydrogen-bond acceptors (Lipinski definition) is 2. The molecule has 1 rings (SSSR count). The maximum atomic E-state index is 11.0. The standard InChI is InChI=1S/C11H14BrNO/c1-8(14)7-11(13-2)9-3-5-10(12)6-4-9/h3-6,11,13H,7H2,1-2H3. The molecule has 0 aliphatic rings. The molecule has 1 atom stereocenters. The number of Topliss-reactive ketones (excluding diaryl/α,β-unsaturated/α-hetero) is 1. The number of carbonyl (C=O) groups excluding carboxylic acids is 1. The van der Waals surface area contributed by atoms with Gasteiger partial charge in [-0.25, -0.2) is 0 Å². The van der Waals surface area contributed by atoms with Gasteiger partial charge in [0.1, 0.15) is 5.78 Å². The highest BCUT2D eigenvalue weighted by molar-refractivity contribution is 9.10. The minimum atomic E-state index is 0.126. The van der Waals surface area contributed by atoms with E-state index in [0.29, 0.717) is 6.42 Å². The van der Waals surface area contributed by atoms with E-state index >= 15 is 0 Å². The van der Waals surface area contributed by atoms with Crippen molar-refractivity contribution in [3.8, 4) is 0 Å². The van der Waals surface area contributed by atoms with Crippen LogP contribution in [0.3, 0.4) is 0 Å². The molecule has 0 saturated carbocycles. The van der Waals surface area contributed by atoms with Gasteiger partial charge in [-0.3, -0.25) is 4.79 Å². The quantitative estimate of drug-likeness (QED) is 0.897. The largest absolute Gasteiger partial charge is 0.313 e. The van der Waals surface area contributed by atoms with Crippen LogP contribution in [0.4, 0.5) is 0 Å². The second-order valence-electron chi connectivity index (χ2n) is 3.30. The van der Waals surface area contributed by atoms with Gasteiger partial charge in [-0.05, 0) is 31.7 Å². The summed E-state index contributed by atoms with van der Waals surface area (Å²) >= 11 is 3.38. The number of benzene rings is 1. The van der Waals surface area contributed by atoms with Crippen LogP contribution in [0.15, 0.2) is 28.7 Å². The van der Waals surface area contributed by atoms with Crippen LogP contribution in [0.2, 0.25) is 0 Å². The van der Waals surface area contributed by atoms with Gasteiger partial charge in [0.2, 0.25) is 0 Å². The molecular formula is C11H14BrNO. The summed E-state index contributed by atoms with van der Waals surface area (Å²) < 4.78 is 1.05. The molecule has 0 radical (unpaired) electrons. The molecule has 0 spiro atoms. The van der Waals surface area contributed by atoms with Crippen molar-refractivity contribution in [3.05, 3.63) is 34.3 Å². The molecule has 1 unspecified atom stereocenters. The predicted molar refractivity (Wildman–Crippen MR) is 61.2 cm³/mol. The summed E-state index contributed by atoms with van der Waals surface area (Å²) in [5.74, 6) is 0.201. The maximum Gasteiger partial charge on any atom is 0.131 e. The highest BCUT2D eigenvalue weighted by atomic mass is 79.9. The van der Waals surface area contributed by atoms with E-state index in [1.807, 2.05) is 31.3 Å². The average Bonchev–Trinajstić information content (AvgIpc) is 2.15. The van der Waals surface area contributed by atoms with Gasteiger partial charge in [0.05, 0.1) is 0 Å². The van der Waals surface area contributed by atoms with E-state index in [4.69, 9.17) is 0 Å². The summed E-state index contributed by atoms with van der Waals surface area (Å²) in [6, 6.07) is 8.14. The Morgan fingerprint density at radius 2 is 2.00 bits per heavy atom. The zero-order valence-corrected chi connectivity index (χ0v) is 9.97. The van der Waals surface area contributed by atoms with E-state index in [1.165, 1.54) is 0 Å². The van der Waals surface area contributed by atoms with Crippen LogP contribution in [0, 0.1) is 0 Å². The average molecular weight is 256 g/mol. The van der Waals surface area contributed by atoms with Crippen molar-refractivity contribution in [1.82, 2.24) is 5.32 Å². The Morgan fingerprint density at radius 1 is 1.43 bits per heavy atom. The van der Waals surface area contributed by atoms with Gasteiger partial charge in [-0.15, -0.1) is 0 Å². The van der Waals surface area contributed by atoms with Crippen LogP contribution in [0.25, 0.3) is 0 Å². The monoisotopic (exact) mass is 255 g/mol. The molecule has 0 amide bonds. The molecule has 76 valence electrons. The van der Waals surface area contributed by atoms with E-state index in [9.17, 15) is 4.79 Å². The molecule has 0 aliphatic heterocycles. The lowest BCUT2D eigenvalue weighted by Crippen LogP contribution is -2.18. The van der Waals surface area contributed by atoms with E-state index < -0.39 is 0 Å². The molecule has 0 saturated heterocycles. The van der Waals surface area contributed by atoms with Crippen molar-refractivity contribution in [3.63, 3.8) is 0 Å². The number of hydrogen-bond donors (Lipinski definition) is 1. The lowest BCUT2D eigenvalue weighted by atomic mass is 10.0. The molecule has 14 heavy (non-hydrogen) atoms. The van der Waals surface area contributed by atoms with E-state index in [-0.39, 0.29) is 11.8 Å². The lowest BCUT2D eigenvalue weighted by Gasteiger charge is -2.14. The molecule has 0 aliphatic carbocycles. The molecule has 0 fully saturated rings. The molecule has 0 bridgehead atoms. The summed E-state index contributed by atoms with van der Waals surface area (Å²) in [6.07, 6.45) is 0.540. The minimum absolute atomic E-state index is 0.126. The second kappa shape index (κ2) is 5.27. The Labute approximate surface area is 92.8 Å². The minimum Gasteiger partial charge on any atom is -0.313 e. The second-order valence-corrected chi connectivity index (χ2v) is 4.21. The van der Waals surface area contributed by atoms with Crippen LogP contribution in [0.1, 0.15) is 24.9 Å². The Balaban J connectivity index is 2.78. The summed E-state index contributed by atoms with van der Waals surface area (Å²) in [5.41, 5.74) is 1.14. The molecule has 1 N–H and O–H groups in total. The number of ketones is 1. The van der Waals surface area contributed by atoms with Crippen LogP contribution in [-0.2, 0) is 4.79 Å². The van der Waals surface area contributed by atoms with Crippen molar-refractivity contribution in [1.29, 1.82) is 0 Å². The Hall–Kier alpha value is -0.670. The zero-order valence-electron chi connectivity index (χ0n) is 8.38. The topological polar surface area (TPSA) is 29.1 Å². The first-order chi connectivity index (χ1) is 6.63. The molecule has 0 heterocycles. The summed E-state index contributed by atoms with van der Waals surface area (Å²) in [6.45, 7) is 1.61. The third-order valence-corrected chi connectivity index (χ3v) is 2.64. The van der Waals surface area contributed by atoms with Crippen molar-refractivity contribution in [2.75, 3.05) is 7.05 Å². The first-order valence-corrected chi connectivity index (χ1v) is 5.35. The fourth-order valence-corrected chi connectivity index (χ4v) is 1.63. The van der Waals surface area contributed by atoms with Gasteiger partial charge >= 0.3 is 0 Å². The Morgan fingerprint density at radius 3 is 2.43 bits per heavy atom. The fraction of sp³-hybridized carbons (Fsp3) is 0.364. The van der Waals surface area contributed by atoms with Gasteiger partial charge in [0, 0.05) is 16.9 Å². The van der Waals surface area contributed by atoms with Crippen molar-refractivity contribution in [2.45, 2.75) is 19.4 Å². The van der Waals surface area contributed by atoms with Crippen LogP contribution < -0.4 is 5.32 Å². The van der Waals surface area contributed by atoms with E-state index in [2.05, 4.69) is 21.2 Å². The first-order valence-electron chi connectivity index (χ1n) is 4.55. The molecule has 0 aromatic heterocycles. The van der Waals surface area contributed by atoms with Gasteiger partial charge in [-0.2, -0.15) is 0 Å². The summed E-state index contributed by atoms with van der Waals surface area (Å²) in [7, 11) is 1.87. The Bertz CT molecular complexity index is 308. The smallest absolute Gasteiger partial charge is 0.131 e. The van der Waals surface area contributed by atoms with Crippen LogP contribution in [0.5, 0.6) is 0 Å². The molecule has 1 aromatic rings. The molecule has 2 nitrogen and oxygen atoms in total. The Kier molecular flexibility index (Phi) is 4.29. The molecule has 1 aromatic carbocycles. The number of rotatable bonds is 4. The van der Waals surface area contributed by atoms with Gasteiger partial charge in [-0.1, -0.05) is 28.1 Å². The maximum absolute atomic E-state index is 11.0. The van der Waals surface area contributed by atoms with Crippen LogP contribution >= 0.6 is 15.9 Å². The molecule has 3 heteroatoms. The highest BCUT2D eigenvalue weighted by Crippen LogP contribution is 2.19. The zero-order chi connectivity index (χ0) is 10.6. The summed E-state index contributed by atoms with van der Waals surface area (Å²) in [5, 5.41) is 3.13. The molecular weight excluding hydrogens is 242 g/mol. The van der Waals surface area contributed by atoms with Gasteiger partial charge < -0.3 is 5.32 Å². The van der Waals surface area contributed by atoms with Crippen molar-refractivity contribution < 1.29 is 4.79 Å². The summed E-state index contributed by atoms with van der Waals surface area (Å²) in [4.78, 5) is 11.0. The lowest BCUT2D eigenvalue weighted by molar-refractivity contribution is -0.117. The highest BCUT2D eigenvalue weighted by Gasteiger charge is 2.10. The number of nitrogens with one attached hydrogen (secondary N) is 1. The van der Waals surface area contributed by atoms with Crippen molar-refractivity contribution in [2.24, 2.45) is 0 Å². The van der Waals surface area contributed by atoms with Crippen molar-refractivity contribution >= 4 is 21.7 Å². The van der Waals surface area contributed by atoms with Gasteiger partial charge in [0.15, 0.2) is 0 Å². The van der Waals surface area contributed by atoms with E-state index in [0.717, 1.165) is 10.0 Å².